The number of nitrogens with one attached hydrogen (secondary N) is 2. The van der Waals surface area contributed by atoms with E-state index >= 15 is 0 Å². The third kappa shape index (κ3) is 4.35. The van der Waals surface area contributed by atoms with Crippen LogP contribution in [-0.4, -0.2) is 51.0 Å². The smallest absolute Gasteiger partial charge is 0.258 e. The second kappa shape index (κ2) is 8.56. The molecule has 1 aliphatic heterocycles. The molecule has 5 rings (SSSR count). The number of rotatable bonds is 5. The molecule has 2 N–H and O–H groups in total. The molecule has 1 saturated heterocycles. The zero-order valence-electron chi connectivity index (χ0n) is 17.3. The van der Waals surface area contributed by atoms with E-state index in [0.717, 1.165) is 42.3 Å². The number of nitrogens with zero attached hydrogens (tertiary/aromatic N) is 4. The van der Waals surface area contributed by atoms with Gasteiger partial charge >= 0.3 is 0 Å². The molecule has 0 saturated carbocycles. The predicted molar refractivity (Wildman–Crippen MR) is 125 cm³/mol. The van der Waals surface area contributed by atoms with Crippen molar-refractivity contribution >= 4 is 27.4 Å². The highest BCUT2D eigenvalue weighted by Gasteiger charge is 2.19. The van der Waals surface area contributed by atoms with Gasteiger partial charge in [-0.2, -0.15) is 0 Å². The van der Waals surface area contributed by atoms with E-state index in [1.54, 1.807) is 23.6 Å². The molecule has 0 unspecified atom stereocenters. The van der Waals surface area contributed by atoms with Gasteiger partial charge in [-0.1, -0.05) is 30.3 Å². The van der Waals surface area contributed by atoms with E-state index in [4.69, 9.17) is 9.97 Å². The highest BCUT2D eigenvalue weighted by atomic mass is 32.1. The van der Waals surface area contributed by atoms with Crippen molar-refractivity contribution in [1.82, 2.24) is 24.8 Å². The largest absolute Gasteiger partial charge is 0.359 e. The van der Waals surface area contributed by atoms with Crippen LogP contribution in [0.15, 0.2) is 52.8 Å². The van der Waals surface area contributed by atoms with Crippen molar-refractivity contribution in [2.24, 2.45) is 0 Å². The molecule has 8 heteroatoms. The van der Waals surface area contributed by atoms with Crippen molar-refractivity contribution in [1.29, 1.82) is 0 Å². The molecule has 7 nitrogen and oxygen atoms in total. The first kappa shape index (κ1) is 19.8. The van der Waals surface area contributed by atoms with Gasteiger partial charge in [-0.05, 0) is 44.6 Å². The number of aromatic amines is 1. The molecule has 0 aliphatic carbocycles. The summed E-state index contributed by atoms with van der Waals surface area (Å²) >= 11 is 1.57. The standard InChI is InChI=1S/C23H24N6OS/c1-29-11-8-16(9-12-29)25-23-26-18(14-31-23)21-20-17(7-10-24-21)22(30)28-19(27-20)13-15-5-3-2-4-6-15/h2-7,10,14,16H,8-9,11-13H2,1H3,(H,25,26)(H,27,28,30). The third-order valence-electron chi connectivity index (χ3n) is 5.68. The molecule has 0 bridgehead atoms. The summed E-state index contributed by atoms with van der Waals surface area (Å²) in [6.07, 6.45) is 4.42. The first-order valence-electron chi connectivity index (χ1n) is 10.5. The summed E-state index contributed by atoms with van der Waals surface area (Å²) in [5, 5.41) is 6.96. The van der Waals surface area contributed by atoms with Crippen LogP contribution in [0.4, 0.5) is 5.13 Å². The van der Waals surface area contributed by atoms with E-state index in [1.165, 1.54) is 0 Å². The molecule has 158 valence electrons. The van der Waals surface area contributed by atoms with Gasteiger partial charge < -0.3 is 15.2 Å². The van der Waals surface area contributed by atoms with E-state index in [1.807, 2.05) is 35.7 Å². The van der Waals surface area contributed by atoms with Gasteiger partial charge in [0.25, 0.3) is 5.56 Å². The van der Waals surface area contributed by atoms with Crippen LogP contribution in [0.1, 0.15) is 24.2 Å². The lowest BCUT2D eigenvalue weighted by molar-refractivity contribution is 0.264. The zero-order chi connectivity index (χ0) is 21.2. The second-order valence-corrected chi connectivity index (χ2v) is 8.85. The summed E-state index contributed by atoms with van der Waals surface area (Å²) in [7, 11) is 2.16. The van der Waals surface area contributed by atoms with Crippen molar-refractivity contribution in [2.75, 3.05) is 25.5 Å². The minimum Gasteiger partial charge on any atom is -0.359 e. The van der Waals surface area contributed by atoms with Crippen molar-refractivity contribution in [3.63, 3.8) is 0 Å². The highest BCUT2D eigenvalue weighted by Crippen LogP contribution is 2.28. The van der Waals surface area contributed by atoms with E-state index in [2.05, 4.69) is 27.2 Å². The van der Waals surface area contributed by atoms with E-state index in [0.29, 0.717) is 34.9 Å². The van der Waals surface area contributed by atoms with Crippen LogP contribution in [0.2, 0.25) is 0 Å². The Kier molecular flexibility index (Phi) is 5.48. The molecule has 4 heterocycles. The summed E-state index contributed by atoms with van der Waals surface area (Å²) in [6.45, 7) is 2.19. The maximum atomic E-state index is 12.7. The fourth-order valence-electron chi connectivity index (χ4n) is 3.95. The molecule has 1 fully saturated rings. The quantitative estimate of drug-likeness (QED) is 0.502. The molecule has 31 heavy (non-hydrogen) atoms. The highest BCUT2D eigenvalue weighted by molar-refractivity contribution is 7.14. The van der Waals surface area contributed by atoms with Gasteiger partial charge in [0.05, 0.1) is 5.39 Å². The average molecular weight is 433 g/mol. The first-order chi connectivity index (χ1) is 15.2. The summed E-state index contributed by atoms with van der Waals surface area (Å²) in [5.41, 5.74) is 2.92. The van der Waals surface area contributed by atoms with Crippen molar-refractivity contribution in [3.8, 4) is 11.4 Å². The molecular weight excluding hydrogens is 408 g/mol. The number of anilines is 1. The van der Waals surface area contributed by atoms with Gasteiger partial charge in [-0.3, -0.25) is 9.78 Å². The molecule has 4 aromatic rings. The Hall–Kier alpha value is -3.10. The third-order valence-corrected chi connectivity index (χ3v) is 6.45. The molecule has 1 aromatic carbocycles. The lowest BCUT2D eigenvalue weighted by atomic mass is 10.1. The molecule has 0 atom stereocenters. The van der Waals surface area contributed by atoms with Gasteiger partial charge in [0.1, 0.15) is 22.7 Å². The summed E-state index contributed by atoms with van der Waals surface area (Å²) < 4.78 is 0. The van der Waals surface area contributed by atoms with Crippen LogP contribution >= 0.6 is 11.3 Å². The Morgan fingerprint density at radius 2 is 1.97 bits per heavy atom. The van der Waals surface area contributed by atoms with Gasteiger partial charge in [0, 0.05) is 24.0 Å². The topological polar surface area (TPSA) is 86.8 Å². The number of likely N-dealkylation sites (tertiary alicyclic amines) is 1. The number of pyridine rings is 1. The lowest BCUT2D eigenvalue weighted by Gasteiger charge is -2.29. The molecule has 3 aromatic heterocycles. The molecule has 0 spiro atoms. The van der Waals surface area contributed by atoms with Crippen LogP contribution in [0.3, 0.4) is 0 Å². The van der Waals surface area contributed by atoms with E-state index < -0.39 is 0 Å². The van der Waals surface area contributed by atoms with Gasteiger partial charge in [-0.25, -0.2) is 9.97 Å². The Labute approximate surface area is 184 Å². The van der Waals surface area contributed by atoms with Crippen LogP contribution < -0.4 is 10.9 Å². The molecule has 1 aliphatic rings. The van der Waals surface area contributed by atoms with Crippen molar-refractivity contribution < 1.29 is 0 Å². The summed E-state index contributed by atoms with van der Waals surface area (Å²) in [4.78, 5) is 32.0. The van der Waals surface area contributed by atoms with Crippen LogP contribution in [0.5, 0.6) is 0 Å². The second-order valence-electron chi connectivity index (χ2n) is 7.99. The number of piperidine rings is 1. The summed E-state index contributed by atoms with van der Waals surface area (Å²) in [5.74, 6) is 0.623. The number of hydrogen-bond acceptors (Lipinski definition) is 7. The van der Waals surface area contributed by atoms with Crippen LogP contribution in [0, 0.1) is 0 Å². The Morgan fingerprint density at radius 3 is 2.77 bits per heavy atom. The van der Waals surface area contributed by atoms with Gasteiger partial charge in [-0.15, -0.1) is 11.3 Å². The number of H-pyrrole nitrogens is 1. The maximum Gasteiger partial charge on any atom is 0.258 e. The summed E-state index contributed by atoms with van der Waals surface area (Å²) in [6, 6.07) is 12.1. The van der Waals surface area contributed by atoms with E-state index in [9.17, 15) is 4.79 Å². The Balaban J connectivity index is 1.46. The normalized spacial score (nSPS) is 15.4. The fourth-order valence-corrected chi connectivity index (χ4v) is 4.72. The molecule has 0 amide bonds. The number of benzene rings is 1. The van der Waals surface area contributed by atoms with Gasteiger partial charge in [0.15, 0.2) is 5.13 Å². The minimum absolute atomic E-state index is 0.153. The number of hydrogen-bond donors (Lipinski definition) is 2. The number of fused-ring (bicyclic) bond motifs is 1. The van der Waals surface area contributed by atoms with Crippen LogP contribution in [-0.2, 0) is 6.42 Å². The zero-order valence-corrected chi connectivity index (χ0v) is 18.2. The van der Waals surface area contributed by atoms with Crippen molar-refractivity contribution in [3.05, 3.63) is 69.7 Å². The SMILES string of the molecule is CN1CCC(Nc2nc(-c3nccc4c(=O)[nH]c(Cc5ccccc5)nc34)cs2)CC1. The molecular formula is C23H24N6OS. The number of aromatic nitrogens is 4. The lowest BCUT2D eigenvalue weighted by Crippen LogP contribution is -2.36. The number of thiazole rings is 1. The average Bonchev–Trinajstić information content (AvgIpc) is 3.24. The first-order valence-corrected chi connectivity index (χ1v) is 11.4. The monoisotopic (exact) mass is 432 g/mol. The van der Waals surface area contributed by atoms with Crippen molar-refractivity contribution in [2.45, 2.75) is 25.3 Å². The molecule has 0 radical (unpaired) electrons. The minimum atomic E-state index is -0.153. The van der Waals surface area contributed by atoms with E-state index in [-0.39, 0.29) is 5.56 Å². The van der Waals surface area contributed by atoms with Crippen LogP contribution in [0.25, 0.3) is 22.3 Å². The predicted octanol–water partition coefficient (Wildman–Crippen LogP) is 3.54. The Bertz CT molecular complexity index is 1240. The fraction of sp³-hybridized carbons (Fsp3) is 0.304. The maximum absolute atomic E-state index is 12.7. The van der Waals surface area contributed by atoms with Gasteiger partial charge in [0.2, 0.25) is 0 Å². The Morgan fingerprint density at radius 1 is 1.16 bits per heavy atom.